The van der Waals surface area contributed by atoms with Gasteiger partial charge in [-0.3, -0.25) is 29.0 Å². The molecule has 2 heterocycles. The molecule has 0 aromatic heterocycles. The maximum atomic E-state index is 12.1. The monoisotopic (exact) mass is 388 g/mol. The Kier molecular flexibility index (Phi) is 7.77. The van der Waals surface area contributed by atoms with E-state index < -0.39 is 5.25 Å². The predicted octanol–water partition coefficient (Wildman–Crippen LogP) is 1.76. The summed E-state index contributed by atoms with van der Waals surface area (Å²) < 4.78 is 8.97. The van der Waals surface area contributed by atoms with Gasteiger partial charge in [0, 0.05) is 31.6 Å². The molecule has 2 aliphatic heterocycles. The Bertz CT molecular complexity index is 543. The number of hydrogen-bond donors (Lipinski definition) is 1. The molecule has 0 bridgehead atoms. The van der Waals surface area contributed by atoms with E-state index in [4.69, 9.17) is 4.55 Å². The van der Waals surface area contributed by atoms with Crippen LogP contribution in [0.25, 0.3) is 0 Å². The van der Waals surface area contributed by atoms with Crippen LogP contribution >= 0.6 is 23.8 Å². The summed E-state index contributed by atoms with van der Waals surface area (Å²) >= 11 is 1.95. The summed E-state index contributed by atoms with van der Waals surface area (Å²) in [4.78, 5) is 50.1. The molecule has 2 rings (SSSR count). The second-order valence-electron chi connectivity index (χ2n) is 6.13. The van der Waals surface area contributed by atoms with Crippen molar-refractivity contribution >= 4 is 47.4 Å². The Morgan fingerprint density at radius 1 is 0.880 bits per heavy atom. The number of carbonyl (C=O) groups is 4. The lowest BCUT2D eigenvalue weighted by Crippen LogP contribution is -2.32. The van der Waals surface area contributed by atoms with Crippen LogP contribution in [0.15, 0.2) is 0 Å². The van der Waals surface area contributed by atoms with Crippen molar-refractivity contribution in [3.8, 4) is 0 Å². The molecule has 9 heteroatoms. The third-order valence-electron chi connectivity index (χ3n) is 4.41. The van der Waals surface area contributed by atoms with Gasteiger partial charge in [0.05, 0.1) is 11.7 Å². The molecule has 2 aliphatic rings. The largest absolute Gasteiger partial charge is 0.329 e. The molecule has 2 saturated heterocycles. The van der Waals surface area contributed by atoms with Crippen LogP contribution in [-0.2, 0) is 19.2 Å². The fourth-order valence-electron chi connectivity index (χ4n) is 3.08. The molecule has 0 aliphatic carbocycles. The summed E-state index contributed by atoms with van der Waals surface area (Å²) in [5.41, 5.74) is 0. The molecule has 2 atom stereocenters. The van der Waals surface area contributed by atoms with Crippen molar-refractivity contribution in [2.75, 3.05) is 18.8 Å². The first-order valence-electron chi connectivity index (χ1n) is 8.59. The average molecular weight is 389 g/mol. The van der Waals surface area contributed by atoms with E-state index in [9.17, 15) is 19.2 Å². The van der Waals surface area contributed by atoms with Gasteiger partial charge in [0.15, 0.2) is 0 Å². The van der Waals surface area contributed by atoms with Crippen molar-refractivity contribution in [1.29, 1.82) is 0 Å². The first kappa shape index (κ1) is 20.3. The first-order chi connectivity index (χ1) is 12.0. The van der Waals surface area contributed by atoms with Crippen molar-refractivity contribution in [3.63, 3.8) is 0 Å². The highest BCUT2D eigenvalue weighted by Crippen LogP contribution is 2.25. The van der Waals surface area contributed by atoms with Crippen molar-refractivity contribution < 1.29 is 23.7 Å². The maximum absolute atomic E-state index is 12.1. The summed E-state index contributed by atoms with van der Waals surface area (Å²) in [7, 11) is 0. The number of carbonyl (C=O) groups excluding carboxylic acids is 4. The number of thioether (sulfide) groups is 1. The molecule has 140 valence electrons. The molecule has 2 unspecified atom stereocenters. The fourth-order valence-corrected chi connectivity index (χ4v) is 4.45. The molecular weight excluding hydrogens is 364 g/mol. The predicted molar refractivity (Wildman–Crippen MR) is 97.1 cm³/mol. The standard InChI is InChI=1S/C16H24N2O5S2/c1-2-24-11-9-13(19)17(15(11)21)7-5-3-4-6-8-18-14(20)10-12(25-23)16(18)22/h11-12,23H,2-10H2,1H3. The molecule has 0 aromatic rings. The van der Waals surface area contributed by atoms with Crippen LogP contribution in [0.4, 0.5) is 0 Å². The third kappa shape index (κ3) is 4.98. The van der Waals surface area contributed by atoms with Gasteiger partial charge in [-0.05, 0) is 18.6 Å². The Labute approximate surface area is 156 Å². The van der Waals surface area contributed by atoms with Crippen molar-refractivity contribution in [2.24, 2.45) is 0 Å². The van der Waals surface area contributed by atoms with Gasteiger partial charge in [-0.2, -0.15) is 0 Å². The van der Waals surface area contributed by atoms with E-state index in [0.717, 1.165) is 25.0 Å². The first-order valence-corrected chi connectivity index (χ1v) is 10.5. The number of likely N-dealkylation sites (tertiary alicyclic amines) is 2. The molecule has 0 aromatic carbocycles. The van der Waals surface area contributed by atoms with Crippen LogP contribution < -0.4 is 0 Å². The van der Waals surface area contributed by atoms with Crippen molar-refractivity contribution in [3.05, 3.63) is 0 Å². The highest BCUT2D eigenvalue weighted by molar-refractivity contribution is 8.00. The Morgan fingerprint density at radius 3 is 1.80 bits per heavy atom. The van der Waals surface area contributed by atoms with E-state index in [1.807, 2.05) is 6.92 Å². The zero-order chi connectivity index (χ0) is 18.4. The van der Waals surface area contributed by atoms with Gasteiger partial charge in [0.25, 0.3) is 0 Å². The van der Waals surface area contributed by atoms with Crippen molar-refractivity contribution in [1.82, 2.24) is 9.80 Å². The molecule has 1 N–H and O–H groups in total. The molecule has 0 radical (unpaired) electrons. The van der Waals surface area contributed by atoms with Crippen LogP contribution in [0.5, 0.6) is 0 Å². The summed E-state index contributed by atoms with van der Waals surface area (Å²) in [6.07, 6.45) is 3.44. The average Bonchev–Trinajstić information content (AvgIpc) is 3.01. The lowest BCUT2D eigenvalue weighted by atomic mass is 10.2. The van der Waals surface area contributed by atoms with Gasteiger partial charge in [-0.1, -0.05) is 19.8 Å². The highest BCUT2D eigenvalue weighted by Gasteiger charge is 2.39. The number of hydrogen-bond acceptors (Lipinski definition) is 7. The summed E-state index contributed by atoms with van der Waals surface area (Å²) in [5, 5.41) is -0.879. The lowest BCUT2D eigenvalue weighted by molar-refractivity contribution is -0.140. The minimum atomic E-state index is -0.659. The summed E-state index contributed by atoms with van der Waals surface area (Å²) in [6, 6.07) is 0. The van der Waals surface area contributed by atoms with Gasteiger partial charge in [0.1, 0.15) is 5.25 Å². The van der Waals surface area contributed by atoms with E-state index in [0.29, 0.717) is 38.0 Å². The third-order valence-corrected chi connectivity index (χ3v) is 6.14. The fraction of sp³-hybridized carbons (Fsp3) is 0.750. The van der Waals surface area contributed by atoms with Gasteiger partial charge >= 0.3 is 0 Å². The zero-order valence-electron chi connectivity index (χ0n) is 14.3. The number of rotatable bonds is 10. The SMILES string of the molecule is CCSC1CC(=O)N(CCCCCCN2C(=O)CC(SO)C2=O)C1=O. The van der Waals surface area contributed by atoms with Gasteiger partial charge in [-0.25, -0.2) is 0 Å². The van der Waals surface area contributed by atoms with Crippen molar-refractivity contribution in [2.45, 2.75) is 55.9 Å². The van der Waals surface area contributed by atoms with E-state index in [1.54, 1.807) is 0 Å². The molecule has 0 spiro atoms. The molecule has 2 fully saturated rings. The molecule has 0 saturated carbocycles. The van der Waals surface area contributed by atoms with E-state index in [2.05, 4.69) is 0 Å². The zero-order valence-corrected chi connectivity index (χ0v) is 15.9. The Balaban J connectivity index is 1.62. The van der Waals surface area contributed by atoms with E-state index in [1.165, 1.54) is 21.6 Å². The lowest BCUT2D eigenvalue weighted by Gasteiger charge is -2.15. The van der Waals surface area contributed by atoms with Crippen LogP contribution in [0.3, 0.4) is 0 Å². The summed E-state index contributed by atoms with van der Waals surface area (Å²) in [6.45, 7) is 2.79. The number of amides is 4. The number of imide groups is 2. The van der Waals surface area contributed by atoms with Crippen LogP contribution in [0.1, 0.15) is 45.4 Å². The minimum Gasteiger partial charge on any atom is -0.329 e. The molecular formula is C16H24N2O5S2. The van der Waals surface area contributed by atoms with Gasteiger partial charge in [0.2, 0.25) is 23.6 Å². The van der Waals surface area contributed by atoms with Crippen LogP contribution in [0, 0.1) is 0 Å². The van der Waals surface area contributed by atoms with Crippen LogP contribution in [-0.4, -0.2) is 67.3 Å². The minimum absolute atomic E-state index is 0.0656. The summed E-state index contributed by atoms with van der Waals surface area (Å²) in [5.74, 6) is 0.116. The molecule has 7 nitrogen and oxygen atoms in total. The number of unbranched alkanes of at least 4 members (excludes halogenated alkanes) is 3. The normalized spacial score (nSPS) is 24.1. The van der Waals surface area contributed by atoms with Gasteiger partial charge < -0.3 is 4.55 Å². The second-order valence-corrected chi connectivity index (χ2v) is 8.39. The van der Waals surface area contributed by atoms with E-state index in [-0.39, 0.29) is 35.3 Å². The van der Waals surface area contributed by atoms with E-state index >= 15 is 0 Å². The van der Waals surface area contributed by atoms with Crippen LogP contribution in [0.2, 0.25) is 0 Å². The Hall–Kier alpha value is -1.06. The molecule has 25 heavy (non-hydrogen) atoms. The maximum Gasteiger partial charge on any atom is 0.245 e. The van der Waals surface area contributed by atoms with Gasteiger partial charge in [-0.15, -0.1) is 11.8 Å². The quantitative estimate of drug-likeness (QED) is 0.346. The second kappa shape index (κ2) is 9.59. The topological polar surface area (TPSA) is 95.0 Å². The Morgan fingerprint density at radius 2 is 1.36 bits per heavy atom. The number of nitrogens with zero attached hydrogens (tertiary/aromatic N) is 2. The molecule has 4 amide bonds. The highest BCUT2D eigenvalue weighted by atomic mass is 32.2. The smallest absolute Gasteiger partial charge is 0.245 e.